The molecule has 1 aliphatic rings. The fourth-order valence-corrected chi connectivity index (χ4v) is 4.90. The van der Waals surface area contributed by atoms with Crippen molar-refractivity contribution >= 4 is 16.8 Å². The lowest BCUT2D eigenvalue weighted by molar-refractivity contribution is 0.0839. The van der Waals surface area contributed by atoms with Gasteiger partial charge >= 0.3 is 0 Å². The molecule has 186 valence electrons. The molecule has 1 aliphatic heterocycles. The highest BCUT2D eigenvalue weighted by atomic mass is 19.1. The fraction of sp³-hybridized carbons (Fsp3) is 0.448. The highest BCUT2D eigenvalue weighted by Crippen LogP contribution is 2.23. The van der Waals surface area contributed by atoms with E-state index in [1.165, 1.54) is 12.1 Å². The van der Waals surface area contributed by atoms with Crippen molar-refractivity contribution in [3.05, 3.63) is 75.9 Å². The molecule has 0 atom stereocenters. The summed E-state index contributed by atoms with van der Waals surface area (Å²) in [6.07, 6.45) is 9.58. The second kappa shape index (κ2) is 12.1. The molecule has 1 aromatic heterocycles. The number of fused-ring (bicyclic) bond motifs is 1. The average molecular weight is 480 g/mol. The zero-order chi connectivity index (χ0) is 24.6. The van der Waals surface area contributed by atoms with Crippen molar-refractivity contribution in [2.45, 2.75) is 51.4 Å². The second-order valence-corrected chi connectivity index (χ2v) is 9.46. The normalized spacial score (nSPS) is 14.9. The number of benzene rings is 2. The van der Waals surface area contributed by atoms with E-state index >= 15 is 0 Å². The van der Waals surface area contributed by atoms with Gasteiger partial charge in [0.1, 0.15) is 17.1 Å². The van der Waals surface area contributed by atoms with Crippen molar-refractivity contribution < 1.29 is 18.3 Å². The topological polar surface area (TPSA) is 59.8 Å². The number of halogens is 1. The quantitative estimate of drug-likeness (QED) is 0.248. The Labute approximate surface area is 205 Å². The molecule has 0 spiro atoms. The first-order valence-corrected chi connectivity index (χ1v) is 12.7. The second-order valence-electron chi connectivity index (χ2n) is 9.46. The molecule has 0 bridgehead atoms. The van der Waals surface area contributed by atoms with Crippen molar-refractivity contribution in [3.8, 4) is 5.75 Å². The minimum atomic E-state index is -0.309. The predicted octanol–water partition coefficient (Wildman–Crippen LogP) is 6.03. The summed E-state index contributed by atoms with van der Waals surface area (Å²) in [6, 6.07) is 11.2. The zero-order valence-electron chi connectivity index (χ0n) is 20.4. The number of carbonyl (C=O) groups is 1. The van der Waals surface area contributed by atoms with E-state index < -0.39 is 0 Å². The van der Waals surface area contributed by atoms with Gasteiger partial charge in [-0.05, 0) is 94.2 Å². The number of ketones is 1. The van der Waals surface area contributed by atoms with E-state index in [1.54, 1.807) is 43.7 Å². The number of hydrogen-bond donors (Lipinski definition) is 0. The first-order valence-electron chi connectivity index (χ1n) is 12.7. The highest BCUT2D eigenvalue weighted by Gasteiger charge is 2.25. The van der Waals surface area contributed by atoms with Gasteiger partial charge in [0.05, 0.1) is 18.8 Å². The van der Waals surface area contributed by atoms with Crippen LogP contribution in [-0.2, 0) is 6.42 Å². The molecule has 2 aromatic carbocycles. The van der Waals surface area contributed by atoms with Crippen molar-refractivity contribution in [1.82, 2.24) is 4.90 Å². The molecule has 0 amide bonds. The predicted molar refractivity (Wildman–Crippen MR) is 136 cm³/mol. The summed E-state index contributed by atoms with van der Waals surface area (Å²) in [7, 11) is 1.59. The van der Waals surface area contributed by atoms with Gasteiger partial charge in [-0.3, -0.25) is 9.59 Å². The third-order valence-electron chi connectivity index (χ3n) is 7.06. The first-order chi connectivity index (χ1) is 17.0. The molecular formula is C29H34FNO4. The van der Waals surface area contributed by atoms with Crippen LogP contribution in [0.5, 0.6) is 5.75 Å². The number of Topliss-reactive ketones (excluding diaryl/α,β-unsaturated/α-hetero) is 1. The average Bonchev–Trinajstić information content (AvgIpc) is 2.89. The number of carbonyl (C=O) groups excluding carboxylic acids is 1. The Balaban J connectivity index is 1.11. The van der Waals surface area contributed by atoms with Crippen molar-refractivity contribution in [2.75, 3.05) is 26.7 Å². The fourth-order valence-electron chi connectivity index (χ4n) is 4.90. The molecule has 35 heavy (non-hydrogen) atoms. The molecule has 0 unspecified atom stereocenters. The molecule has 5 nitrogen and oxygen atoms in total. The Morgan fingerprint density at radius 1 is 1.03 bits per heavy atom. The summed E-state index contributed by atoms with van der Waals surface area (Å²) >= 11 is 0. The van der Waals surface area contributed by atoms with E-state index in [-0.39, 0.29) is 22.9 Å². The molecule has 3 aromatic rings. The number of nitrogens with zero attached hydrogens (tertiary/aromatic N) is 1. The van der Waals surface area contributed by atoms with Crippen LogP contribution >= 0.6 is 0 Å². The lowest BCUT2D eigenvalue weighted by Gasteiger charge is -2.31. The van der Waals surface area contributed by atoms with E-state index in [4.69, 9.17) is 9.15 Å². The van der Waals surface area contributed by atoms with Gasteiger partial charge in [-0.1, -0.05) is 19.3 Å². The summed E-state index contributed by atoms with van der Waals surface area (Å²) in [5.41, 5.74) is 1.96. The van der Waals surface area contributed by atoms with E-state index in [0.717, 1.165) is 76.6 Å². The van der Waals surface area contributed by atoms with Gasteiger partial charge in [0.2, 0.25) is 0 Å². The Kier molecular flexibility index (Phi) is 8.69. The minimum absolute atomic E-state index is 0.0338. The summed E-state index contributed by atoms with van der Waals surface area (Å²) in [5.74, 6) is 0.539. The van der Waals surface area contributed by atoms with Gasteiger partial charge in [0.15, 0.2) is 11.2 Å². The van der Waals surface area contributed by atoms with E-state index in [1.807, 2.05) is 0 Å². The number of aryl methyl sites for hydroxylation is 1. The van der Waals surface area contributed by atoms with E-state index in [2.05, 4.69) is 4.90 Å². The van der Waals surface area contributed by atoms with Gasteiger partial charge in [-0.15, -0.1) is 0 Å². The smallest absolute Gasteiger partial charge is 0.195 e. The largest absolute Gasteiger partial charge is 0.497 e. The maximum atomic E-state index is 13.1. The Hall–Kier alpha value is -2.99. The van der Waals surface area contributed by atoms with E-state index in [0.29, 0.717) is 22.3 Å². The summed E-state index contributed by atoms with van der Waals surface area (Å²) in [6.45, 7) is 2.95. The molecule has 0 radical (unpaired) electrons. The van der Waals surface area contributed by atoms with Gasteiger partial charge in [-0.2, -0.15) is 0 Å². The molecule has 0 N–H and O–H groups in total. The number of hydrogen-bond acceptors (Lipinski definition) is 5. The minimum Gasteiger partial charge on any atom is -0.497 e. The van der Waals surface area contributed by atoms with Gasteiger partial charge < -0.3 is 14.1 Å². The van der Waals surface area contributed by atoms with Crippen molar-refractivity contribution in [3.63, 3.8) is 0 Å². The van der Waals surface area contributed by atoms with Crippen molar-refractivity contribution in [1.29, 1.82) is 0 Å². The lowest BCUT2D eigenvalue weighted by atomic mass is 9.89. The molecule has 1 saturated heterocycles. The third kappa shape index (κ3) is 6.57. The molecule has 4 rings (SSSR count). The standard InChI is InChI=1S/C29H34FNO4/c1-34-25-12-13-27-26(19-25)29(33)23(20-35-27)7-5-3-2-4-6-16-31-17-14-22(15-18-31)28(32)21-8-10-24(30)11-9-21/h8-13,19-20,22H,2-7,14-18H2,1H3. The number of likely N-dealkylation sites (tertiary alicyclic amines) is 1. The van der Waals surface area contributed by atoms with Crippen LogP contribution in [0.3, 0.4) is 0 Å². The third-order valence-corrected chi connectivity index (χ3v) is 7.06. The first kappa shape index (κ1) is 25.1. The Bertz CT molecular complexity index is 1180. The van der Waals surface area contributed by atoms with Gasteiger partial charge in [-0.25, -0.2) is 4.39 Å². The summed E-state index contributed by atoms with van der Waals surface area (Å²) in [5, 5.41) is 0.574. The number of ether oxygens (including phenoxy) is 1. The van der Waals surface area contributed by atoms with Crippen LogP contribution in [0.4, 0.5) is 4.39 Å². The van der Waals surface area contributed by atoms with Crippen LogP contribution in [0.1, 0.15) is 60.9 Å². The maximum absolute atomic E-state index is 13.1. The van der Waals surface area contributed by atoms with Crippen LogP contribution in [0.2, 0.25) is 0 Å². The van der Waals surface area contributed by atoms with Gasteiger partial charge in [0.25, 0.3) is 0 Å². The number of unbranched alkanes of at least 4 members (excludes halogenated alkanes) is 4. The Morgan fingerprint density at radius 2 is 1.74 bits per heavy atom. The van der Waals surface area contributed by atoms with Gasteiger partial charge in [0, 0.05) is 17.0 Å². The van der Waals surface area contributed by atoms with Crippen LogP contribution in [0.15, 0.2) is 57.9 Å². The molecule has 1 fully saturated rings. The number of rotatable bonds is 11. The lowest BCUT2D eigenvalue weighted by Crippen LogP contribution is -2.36. The van der Waals surface area contributed by atoms with Crippen LogP contribution in [0, 0.1) is 11.7 Å². The number of methoxy groups -OCH3 is 1. The molecule has 0 saturated carbocycles. The van der Waals surface area contributed by atoms with Crippen LogP contribution < -0.4 is 10.2 Å². The van der Waals surface area contributed by atoms with Crippen LogP contribution in [0.25, 0.3) is 11.0 Å². The molecule has 2 heterocycles. The van der Waals surface area contributed by atoms with Crippen LogP contribution in [-0.4, -0.2) is 37.4 Å². The number of piperidine rings is 1. The highest BCUT2D eigenvalue weighted by molar-refractivity contribution is 5.97. The van der Waals surface area contributed by atoms with E-state index in [9.17, 15) is 14.0 Å². The maximum Gasteiger partial charge on any atom is 0.195 e. The molecular weight excluding hydrogens is 445 g/mol. The molecule has 6 heteroatoms. The SMILES string of the molecule is COc1ccc2occ(CCCCCCCN3CCC(C(=O)c4ccc(F)cc4)CC3)c(=O)c2c1. The van der Waals surface area contributed by atoms with Crippen molar-refractivity contribution in [2.24, 2.45) is 5.92 Å². The zero-order valence-corrected chi connectivity index (χ0v) is 20.4. The summed E-state index contributed by atoms with van der Waals surface area (Å²) in [4.78, 5) is 27.8. The molecule has 0 aliphatic carbocycles. The monoisotopic (exact) mass is 479 g/mol. The Morgan fingerprint density at radius 3 is 2.49 bits per heavy atom. The summed E-state index contributed by atoms with van der Waals surface area (Å²) < 4.78 is 24.0.